The van der Waals surface area contributed by atoms with Crippen LogP contribution in [0.25, 0.3) is 0 Å². The van der Waals surface area contributed by atoms with Crippen LogP contribution < -0.4 is 5.32 Å². The van der Waals surface area contributed by atoms with Gasteiger partial charge >= 0.3 is 5.97 Å². The molecule has 11 heteroatoms. The molecule has 0 aliphatic carbocycles. The zero-order valence-corrected chi connectivity index (χ0v) is 60.6. The van der Waals surface area contributed by atoms with Crippen LogP contribution in [0.15, 0.2) is 72.9 Å². The van der Waals surface area contributed by atoms with E-state index in [9.17, 15) is 35.1 Å². The number of hydrogen-bond acceptors (Lipinski definition) is 10. The molecule has 8 atom stereocenters. The Kier molecular flexibility index (Phi) is 65.4. The summed E-state index contributed by atoms with van der Waals surface area (Å²) in [5.74, 6) is -1.18. The highest BCUT2D eigenvalue weighted by molar-refractivity contribution is 5.80. The maximum atomic E-state index is 13.5. The molecule has 0 aromatic carbocycles. The lowest BCUT2D eigenvalue weighted by atomic mass is 9.99. The lowest BCUT2D eigenvalue weighted by Crippen LogP contribution is -2.61. The lowest BCUT2D eigenvalue weighted by molar-refractivity contribution is -0.305. The van der Waals surface area contributed by atoms with Crippen LogP contribution in [0.5, 0.6) is 0 Å². The number of nitrogens with one attached hydrogen (secondary N) is 1. The van der Waals surface area contributed by atoms with Crippen LogP contribution in [0.4, 0.5) is 0 Å². The van der Waals surface area contributed by atoms with Crippen LogP contribution in [0, 0.1) is 0 Å². The van der Waals surface area contributed by atoms with Crippen LogP contribution >= 0.6 is 0 Å². The van der Waals surface area contributed by atoms with Crippen molar-refractivity contribution in [3.05, 3.63) is 72.9 Å². The fourth-order valence-corrected chi connectivity index (χ4v) is 12.3. The number of unbranched alkanes of at least 4 members (excludes halogenated alkanes) is 45. The van der Waals surface area contributed by atoms with Crippen LogP contribution in [0.3, 0.4) is 0 Å². The second kappa shape index (κ2) is 69.0. The third-order valence-corrected chi connectivity index (χ3v) is 18.6. The van der Waals surface area contributed by atoms with Crippen LogP contribution in [0.1, 0.15) is 374 Å². The highest BCUT2D eigenvalue weighted by Crippen LogP contribution is 2.27. The Bertz CT molecular complexity index is 1800. The molecule has 1 saturated heterocycles. The van der Waals surface area contributed by atoms with E-state index >= 15 is 0 Å². The Labute approximate surface area is 572 Å². The van der Waals surface area contributed by atoms with E-state index in [2.05, 4.69) is 86.8 Å². The van der Waals surface area contributed by atoms with Crippen molar-refractivity contribution in [1.29, 1.82) is 0 Å². The first kappa shape index (κ1) is 88.1. The smallest absolute Gasteiger partial charge is 0.306 e. The first-order chi connectivity index (χ1) is 45.7. The topological polar surface area (TPSA) is 175 Å². The predicted molar refractivity (Wildman–Crippen MR) is 393 cm³/mol. The Hall–Kier alpha value is -2.90. The number of esters is 1. The molecule has 1 amide bonds. The van der Waals surface area contributed by atoms with Crippen LogP contribution in [0.2, 0.25) is 0 Å². The van der Waals surface area contributed by atoms with E-state index in [-0.39, 0.29) is 19.4 Å². The number of amides is 1. The number of carbonyl (C=O) groups is 2. The van der Waals surface area contributed by atoms with Crippen molar-refractivity contribution < 1.29 is 49.3 Å². The summed E-state index contributed by atoms with van der Waals surface area (Å²) in [4.78, 5) is 26.8. The summed E-state index contributed by atoms with van der Waals surface area (Å²) < 4.78 is 17.8. The zero-order valence-electron chi connectivity index (χ0n) is 60.6. The largest absolute Gasteiger partial charge is 0.454 e. The number of ether oxygens (including phenoxy) is 3. The van der Waals surface area contributed by atoms with Gasteiger partial charge in [-0.1, -0.05) is 344 Å². The van der Waals surface area contributed by atoms with Gasteiger partial charge in [0.1, 0.15) is 24.4 Å². The SMILES string of the molecule is CCCCC/C=C\C/C=C\C/C=C\CCCCCCCCCCCCCC(O)C(=O)NC(COC1OC(CO)C(O)C(O)C1OC(=O)CCCCCCCCCCCCCCCCCCC/C=C\C/C=C\CCCCC)C(O)/C=C/CCCCCCCCCCCCC. The van der Waals surface area contributed by atoms with Gasteiger partial charge in [-0.3, -0.25) is 9.59 Å². The molecule has 0 spiro atoms. The second-order valence-corrected chi connectivity index (χ2v) is 27.4. The van der Waals surface area contributed by atoms with E-state index in [0.29, 0.717) is 12.8 Å². The third kappa shape index (κ3) is 55.8. The van der Waals surface area contributed by atoms with Crippen molar-refractivity contribution in [3.63, 3.8) is 0 Å². The minimum Gasteiger partial charge on any atom is -0.454 e. The average molecular weight is 1310 g/mol. The zero-order chi connectivity index (χ0) is 67.4. The Morgan fingerprint density at radius 2 is 0.742 bits per heavy atom. The van der Waals surface area contributed by atoms with E-state index in [0.717, 1.165) is 83.5 Å². The van der Waals surface area contributed by atoms with Gasteiger partial charge in [-0.05, 0) is 96.3 Å². The molecule has 1 aliphatic heterocycles. The Morgan fingerprint density at radius 1 is 0.419 bits per heavy atom. The molecule has 93 heavy (non-hydrogen) atoms. The van der Waals surface area contributed by atoms with Crippen molar-refractivity contribution in [2.45, 2.75) is 423 Å². The molecule has 1 heterocycles. The Morgan fingerprint density at radius 3 is 1.13 bits per heavy atom. The molecule has 6 N–H and O–H groups in total. The Balaban J connectivity index is 2.51. The highest BCUT2D eigenvalue weighted by atomic mass is 16.7. The first-order valence-corrected chi connectivity index (χ1v) is 39.7. The minimum absolute atomic E-state index is 0.125. The molecular formula is C82H149NO10. The molecule has 1 aliphatic rings. The normalized spacial score (nSPS) is 18.2. The first-order valence-electron chi connectivity index (χ1n) is 39.7. The van der Waals surface area contributed by atoms with E-state index in [4.69, 9.17) is 14.2 Å². The summed E-state index contributed by atoms with van der Waals surface area (Å²) in [7, 11) is 0. The number of allylic oxidation sites excluding steroid dienone is 11. The molecule has 0 saturated carbocycles. The molecule has 1 fully saturated rings. The fourth-order valence-electron chi connectivity index (χ4n) is 12.3. The quantitative estimate of drug-likeness (QED) is 0.0195. The van der Waals surface area contributed by atoms with Crippen molar-refractivity contribution in [3.8, 4) is 0 Å². The summed E-state index contributed by atoms with van der Waals surface area (Å²) >= 11 is 0. The van der Waals surface area contributed by atoms with Gasteiger partial charge in [-0.15, -0.1) is 0 Å². The number of aliphatic hydroxyl groups excluding tert-OH is 5. The van der Waals surface area contributed by atoms with Gasteiger partial charge in [-0.25, -0.2) is 0 Å². The molecule has 0 bridgehead atoms. The lowest BCUT2D eigenvalue weighted by Gasteiger charge is -2.41. The summed E-state index contributed by atoms with van der Waals surface area (Å²) in [6.07, 6.45) is 80.9. The molecule has 0 radical (unpaired) electrons. The molecular weight excluding hydrogens is 1160 g/mol. The number of rotatable bonds is 69. The maximum Gasteiger partial charge on any atom is 0.306 e. The summed E-state index contributed by atoms with van der Waals surface area (Å²) in [6, 6.07) is -1.03. The van der Waals surface area contributed by atoms with E-state index in [1.165, 1.54) is 244 Å². The van der Waals surface area contributed by atoms with Crippen molar-refractivity contribution in [1.82, 2.24) is 5.32 Å². The van der Waals surface area contributed by atoms with Gasteiger partial charge in [0.15, 0.2) is 12.4 Å². The second-order valence-electron chi connectivity index (χ2n) is 27.4. The van der Waals surface area contributed by atoms with Crippen molar-refractivity contribution in [2.24, 2.45) is 0 Å². The molecule has 11 nitrogen and oxygen atoms in total. The fraction of sp³-hybridized carbons (Fsp3) is 0.829. The van der Waals surface area contributed by atoms with E-state index < -0.39 is 67.4 Å². The summed E-state index contributed by atoms with van der Waals surface area (Å²) in [5.41, 5.74) is 0. The average Bonchev–Trinajstić information content (AvgIpc) is 0.918. The van der Waals surface area contributed by atoms with Crippen molar-refractivity contribution in [2.75, 3.05) is 13.2 Å². The van der Waals surface area contributed by atoms with Crippen LogP contribution in [-0.2, 0) is 23.8 Å². The summed E-state index contributed by atoms with van der Waals surface area (Å²) in [5, 5.41) is 57.5. The maximum absolute atomic E-state index is 13.5. The van der Waals surface area contributed by atoms with Gasteiger partial charge in [0, 0.05) is 6.42 Å². The number of hydrogen-bond donors (Lipinski definition) is 6. The predicted octanol–water partition coefficient (Wildman–Crippen LogP) is 21.4. The summed E-state index contributed by atoms with van der Waals surface area (Å²) in [6.45, 7) is 5.80. The van der Waals surface area contributed by atoms with E-state index in [1.54, 1.807) is 6.08 Å². The molecule has 542 valence electrons. The van der Waals surface area contributed by atoms with E-state index in [1.807, 2.05) is 6.08 Å². The van der Waals surface area contributed by atoms with Crippen molar-refractivity contribution >= 4 is 11.9 Å². The number of carbonyl (C=O) groups excluding carboxylic acids is 2. The molecule has 1 rings (SSSR count). The van der Waals surface area contributed by atoms with Gasteiger partial charge in [-0.2, -0.15) is 0 Å². The van der Waals surface area contributed by atoms with Gasteiger partial charge in [0.25, 0.3) is 0 Å². The molecule has 0 aromatic heterocycles. The number of aliphatic hydroxyl groups is 5. The minimum atomic E-state index is -1.62. The monoisotopic (exact) mass is 1310 g/mol. The van der Waals surface area contributed by atoms with Crippen LogP contribution in [-0.4, -0.2) is 99.6 Å². The van der Waals surface area contributed by atoms with Gasteiger partial charge < -0.3 is 45.1 Å². The molecule has 0 aromatic rings. The standard InChI is InChI=1S/C82H149NO10/c1-4-7-10-13-16-19-22-25-27-29-31-33-35-37-38-39-41-43-45-47-49-52-55-58-61-64-67-70-77(87)93-80-79(89)78(88)76(71-84)92-82(80)91-72-73(74(85)68-65-62-59-56-53-50-24-21-18-15-12-9-6-3)83-81(90)75(86)69-66-63-60-57-54-51-48-46-44-42-40-36-34-32-30-28-26-23-20-17-14-11-8-5-2/h16-17,19-20,25-28,32,34,65,68,73-76,78-80,82,84-86,88-89H,4-15,18,21-24,29-31,33,35-64,66-67,69-72H2,1-3H3,(H,83,90)/b19-16-,20-17-,27-25-,28-26-,34-32-,68-65+. The highest BCUT2D eigenvalue weighted by Gasteiger charge is 2.47. The third-order valence-electron chi connectivity index (χ3n) is 18.6. The van der Waals surface area contributed by atoms with Gasteiger partial charge in [0.05, 0.1) is 25.4 Å². The molecule has 8 unspecified atom stereocenters. The van der Waals surface area contributed by atoms with Gasteiger partial charge in [0.2, 0.25) is 5.91 Å².